The third-order valence-electron chi connectivity index (χ3n) is 8.42. The van der Waals surface area contributed by atoms with Gasteiger partial charge in [-0.25, -0.2) is 0 Å². The molecule has 0 amide bonds. The molecule has 0 aromatic heterocycles. The summed E-state index contributed by atoms with van der Waals surface area (Å²) < 4.78 is 0. The maximum Gasteiger partial charge on any atom is -0.00435 e. The van der Waals surface area contributed by atoms with Crippen LogP contribution in [0.5, 0.6) is 0 Å². The highest BCUT2D eigenvalue weighted by molar-refractivity contribution is 6.09. The SMILES string of the molecule is CCC(CCC(C)C1(C)CCc2c1ccc1c2ccc2c(C)cccc21)C(C)C. The number of benzene rings is 3. The molecule has 3 aromatic carbocycles. The highest BCUT2D eigenvalue weighted by Gasteiger charge is 2.39. The van der Waals surface area contributed by atoms with Crippen molar-refractivity contribution in [3.05, 3.63) is 59.2 Å². The molecule has 1 aliphatic carbocycles. The second-order valence-corrected chi connectivity index (χ2v) is 10.2. The minimum absolute atomic E-state index is 0.320. The van der Waals surface area contributed by atoms with Crippen molar-refractivity contribution < 1.29 is 0 Å². The van der Waals surface area contributed by atoms with E-state index in [0.717, 1.165) is 17.8 Å². The molecule has 0 bridgehead atoms. The molecule has 29 heavy (non-hydrogen) atoms. The summed E-state index contributed by atoms with van der Waals surface area (Å²) in [7, 11) is 0. The van der Waals surface area contributed by atoms with Crippen molar-refractivity contribution in [1.82, 2.24) is 0 Å². The van der Waals surface area contributed by atoms with Crippen molar-refractivity contribution in [2.75, 3.05) is 0 Å². The van der Waals surface area contributed by atoms with Gasteiger partial charge in [-0.05, 0) is 94.0 Å². The molecule has 0 heteroatoms. The lowest BCUT2D eigenvalue weighted by Crippen LogP contribution is -2.28. The van der Waals surface area contributed by atoms with Crippen LogP contribution in [0.4, 0.5) is 0 Å². The molecule has 0 nitrogen and oxygen atoms in total. The van der Waals surface area contributed by atoms with Crippen molar-refractivity contribution in [1.29, 1.82) is 0 Å². The number of fused-ring (bicyclic) bond motifs is 5. The Balaban J connectivity index is 1.70. The fourth-order valence-electron chi connectivity index (χ4n) is 6.02. The molecule has 154 valence electrons. The van der Waals surface area contributed by atoms with E-state index in [1.807, 2.05) is 0 Å². The second kappa shape index (κ2) is 7.78. The largest absolute Gasteiger partial charge is 0.0651 e. The molecule has 1 aliphatic rings. The topological polar surface area (TPSA) is 0 Å². The average molecular weight is 387 g/mol. The number of aryl methyl sites for hydroxylation is 2. The van der Waals surface area contributed by atoms with E-state index < -0.39 is 0 Å². The Morgan fingerprint density at radius 3 is 2.28 bits per heavy atom. The van der Waals surface area contributed by atoms with Crippen LogP contribution in [0.25, 0.3) is 21.5 Å². The molecular weight excluding hydrogens is 348 g/mol. The van der Waals surface area contributed by atoms with Crippen LogP contribution in [0.1, 0.15) is 77.0 Å². The predicted molar refractivity (Wildman–Crippen MR) is 129 cm³/mol. The monoisotopic (exact) mass is 386 g/mol. The van der Waals surface area contributed by atoms with Gasteiger partial charge < -0.3 is 0 Å². The van der Waals surface area contributed by atoms with E-state index in [1.54, 1.807) is 11.1 Å². The Morgan fingerprint density at radius 2 is 1.55 bits per heavy atom. The highest BCUT2D eigenvalue weighted by Crippen LogP contribution is 2.48. The first-order chi connectivity index (χ1) is 13.9. The summed E-state index contributed by atoms with van der Waals surface area (Å²) in [5.74, 6) is 2.40. The molecule has 0 aliphatic heterocycles. The number of hydrogen-bond donors (Lipinski definition) is 0. The summed E-state index contributed by atoms with van der Waals surface area (Å²) in [5, 5.41) is 5.74. The van der Waals surface area contributed by atoms with E-state index in [4.69, 9.17) is 0 Å². The maximum absolute atomic E-state index is 2.54. The van der Waals surface area contributed by atoms with Crippen LogP contribution in [-0.4, -0.2) is 0 Å². The standard InChI is InChI=1S/C29H38/c1-7-22(19(2)3)12-11-21(5)29(6)18-17-27-26-14-13-23-20(4)9-8-10-24(23)25(26)15-16-28(27)29/h8-10,13-16,19,21-22H,7,11-12,17-18H2,1-6H3. The molecule has 3 aromatic rings. The molecule has 0 spiro atoms. The van der Waals surface area contributed by atoms with Gasteiger partial charge in [0.2, 0.25) is 0 Å². The fourth-order valence-corrected chi connectivity index (χ4v) is 6.02. The fraction of sp³-hybridized carbons (Fsp3) is 0.517. The van der Waals surface area contributed by atoms with Crippen molar-refractivity contribution in [2.24, 2.45) is 17.8 Å². The molecule has 0 heterocycles. The summed E-state index contributed by atoms with van der Waals surface area (Å²) in [6, 6.07) is 16.4. The molecule has 0 fully saturated rings. The Morgan fingerprint density at radius 1 is 0.862 bits per heavy atom. The zero-order valence-corrected chi connectivity index (χ0v) is 19.3. The quantitative estimate of drug-likeness (QED) is 0.372. The van der Waals surface area contributed by atoms with Gasteiger partial charge in [0.25, 0.3) is 0 Å². The second-order valence-electron chi connectivity index (χ2n) is 10.2. The van der Waals surface area contributed by atoms with Gasteiger partial charge >= 0.3 is 0 Å². The van der Waals surface area contributed by atoms with Crippen LogP contribution in [0, 0.1) is 24.7 Å². The summed E-state index contributed by atoms with van der Waals surface area (Å²) in [4.78, 5) is 0. The van der Waals surface area contributed by atoms with Crippen molar-refractivity contribution >= 4 is 21.5 Å². The van der Waals surface area contributed by atoms with Crippen LogP contribution < -0.4 is 0 Å². The Labute approximate surface area is 177 Å². The van der Waals surface area contributed by atoms with E-state index >= 15 is 0 Å². The van der Waals surface area contributed by atoms with Crippen LogP contribution in [0.2, 0.25) is 0 Å². The molecule has 4 rings (SSSR count). The molecule has 3 unspecified atom stereocenters. The van der Waals surface area contributed by atoms with E-state index in [-0.39, 0.29) is 0 Å². The third kappa shape index (κ3) is 3.39. The van der Waals surface area contributed by atoms with E-state index in [1.165, 1.54) is 59.2 Å². The Bertz CT molecular complexity index is 1030. The van der Waals surface area contributed by atoms with Crippen molar-refractivity contribution in [3.8, 4) is 0 Å². The van der Waals surface area contributed by atoms with Gasteiger partial charge in [-0.3, -0.25) is 0 Å². The molecule has 0 radical (unpaired) electrons. The van der Waals surface area contributed by atoms with E-state index in [2.05, 4.69) is 84.0 Å². The molecule has 0 saturated heterocycles. The van der Waals surface area contributed by atoms with Crippen molar-refractivity contribution in [3.63, 3.8) is 0 Å². The molecular formula is C29H38. The first-order valence-corrected chi connectivity index (χ1v) is 11.8. The predicted octanol–water partition coefficient (Wildman–Crippen LogP) is 8.60. The minimum Gasteiger partial charge on any atom is -0.0651 e. The van der Waals surface area contributed by atoms with E-state index in [0.29, 0.717) is 5.41 Å². The van der Waals surface area contributed by atoms with Crippen LogP contribution in [0.15, 0.2) is 42.5 Å². The smallest absolute Gasteiger partial charge is 0.00435 e. The summed E-state index contributed by atoms with van der Waals surface area (Å²) in [6.07, 6.45) is 6.56. The van der Waals surface area contributed by atoms with Crippen LogP contribution in [0.3, 0.4) is 0 Å². The summed E-state index contributed by atoms with van der Waals surface area (Å²) in [5.41, 5.74) is 4.94. The first kappa shape index (κ1) is 20.5. The summed E-state index contributed by atoms with van der Waals surface area (Å²) in [6.45, 7) is 14.4. The van der Waals surface area contributed by atoms with Crippen molar-refractivity contribution in [2.45, 2.75) is 79.1 Å². The van der Waals surface area contributed by atoms with Gasteiger partial charge in [-0.15, -0.1) is 0 Å². The first-order valence-electron chi connectivity index (χ1n) is 11.8. The van der Waals surface area contributed by atoms with Gasteiger partial charge in [-0.2, -0.15) is 0 Å². The minimum atomic E-state index is 0.320. The lowest BCUT2D eigenvalue weighted by Gasteiger charge is -2.34. The van der Waals surface area contributed by atoms with E-state index in [9.17, 15) is 0 Å². The third-order valence-corrected chi connectivity index (χ3v) is 8.42. The van der Waals surface area contributed by atoms with Crippen LogP contribution >= 0.6 is 0 Å². The van der Waals surface area contributed by atoms with Gasteiger partial charge in [0.1, 0.15) is 0 Å². The Hall–Kier alpha value is -1.82. The normalized spacial score (nSPS) is 21.1. The zero-order valence-electron chi connectivity index (χ0n) is 19.3. The lowest BCUT2D eigenvalue weighted by molar-refractivity contribution is 0.249. The number of rotatable bonds is 6. The Kier molecular flexibility index (Phi) is 5.49. The molecule has 0 saturated carbocycles. The van der Waals surface area contributed by atoms with Gasteiger partial charge in [0.05, 0.1) is 0 Å². The maximum atomic E-state index is 2.54. The van der Waals surface area contributed by atoms with Gasteiger partial charge in [-0.1, -0.05) is 83.5 Å². The summed E-state index contributed by atoms with van der Waals surface area (Å²) >= 11 is 0. The molecule has 3 atom stereocenters. The van der Waals surface area contributed by atoms with Gasteiger partial charge in [0.15, 0.2) is 0 Å². The molecule has 0 N–H and O–H groups in total. The zero-order chi connectivity index (χ0) is 20.8. The van der Waals surface area contributed by atoms with Crippen LogP contribution in [-0.2, 0) is 11.8 Å². The average Bonchev–Trinajstić information content (AvgIpc) is 3.06. The number of hydrogen-bond acceptors (Lipinski definition) is 0. The lowest BCUT2D eigenvalue weighted by atomic mass is 9.70. The van der Waals surface area contributed by atoms with Gasteiger partial charge in [0, 0.05) is 0 Å². The highest BCUT2D eigenvalue weighted by atomic mass is 14.4.